The van der Waals surface area contributed by atoms with Crippen molar-refractivity contribution in [3.05, 3.63) is 52.7 Å². The van der Waals surface area contributed by atoms with E-state index in [1.165, 1.54) is 12.1 Å². The van der Waals surface area contributed by atoms with Crippen LogP contribution in [0.25, 0.3) is 0 Å². The number of nitrogens with one attached hydrogen (secondary N) is 1. The number of carbonyl (C=O) groups is 1. The number of hydrogen-bond donors (Lipinski definition) is 2. The molecule has 1 aliphatic carbocycles. The van der Waals surface area contributed by atoms with Gasteiger partial charge in [0.1, 0.15) is 22.9 Å². The molecule has 3 rings (SSSR count). The minimum Gasteiger partial charge on any atom is -0.438 e. The summed E-state index contributed by atoms with van der Waals surface area (Å²) in [6, 6.07) is 4.91. The first-order valence-corrected chi connectivity index (χ1v) is 8.65. The van der Waals surface area contributed by atoms with Crippen molar-refractivity contribution in [2.24, 2.45) is 5.73 Å². The standard InChI is InChI=1S/C18H18ClF2N3O2/c19-15-8-13(5-6-16(15)21)26-18-14(7-10(20)9-23-18)17(25)24-12-3-1-11(22)2-4-12/h5-9,11-12H,1-4,22H2,(H,24,25). The maximum atomic E-state index is 13.6. The van der Waals surface area contributed by atoms with E-state index in [0.29, 0.717) is 0 Å². The first-order valence-electron chi connectivity index (χ1n) is 8.27. The first-order chi connectivity index (χ1) is 12.4. The van der Waals surface area contributed by atoms with Gasteiger partial charge in [-0.15, -0.1) is 0 Å². The summed E-state index contributed by atoms with van der Waals surface area (Å²) in [7, 11) is 0. The maximum absolute atomic E-state index is 13.6. The molecule has 8 heteroatoms. The third kappa shape index (κ3) is 4.47. The monoisotopic (exact) mass is 381 g/mol. The van der Waals surface area contributed by atoms with Gasteiger partial charge in [-0.25, -0.2) is 13.8 Å². The van der Waals surface area contributed by atoms with E-state index in [1.54, 1.807) is 0 Å². The number of nitrogens with zero attached hydrogens (tertiary/aromatic N) is 1. The molecule has 1 heterocycles. The fourth-order valence-corrected chi connectivity index (χ4v) is 3.02. The van der Waals surface area contributed by atoms with Crippen LogP contribution in [-0.2, 0) is 0 Å². The Kier molecular flexibility index (Phi) is 5.68. The molecule has 1 fully saturated rings. The summed E-state index contributed by atoms with van der Waals surface area (Å²) in [4.78, 5) is 16.4. The lowest BCUT2D eigenvalue weighted by Gasteiger charge is -2.27. The molecular weight excluding hydrogens is 364 g/mol. The zero-order chi connectivity index (χ0) is 18.7. The highest BCUT2D eigenvalue weighted by Gasteiger charge is 2.23. The fraction of sp³-hybridized carbons (Fsp3) is 0.333. The van der Waals surface area contributed by atoms with Gasteiger partial charge in [0.2, 0.25) is 5.88 Å². The number of halogens is 3. The molecule has 3 N–H and O–H groups in total. The number of carbonyl (C=O) groups excluding carboxylic acids is 1. The van der Waals surface area contributed by atoms with Crippen molar-refractivity contribution in [3.8, 4) is 11.6 Å². The van der Waals surface area contributed by atoms with E-state index in [0.717, 1.165) is 44.0 Å². The van der Waals surface area contributed by atoms with Crippen molar-refractivity contribution >= 4 is 17.5 Å². The van der Waals surface area contributed by atoms with Crippen molar-refractivity contribution in [1.29, 1.82) is 0 Å². The Morgan fingerprint density at radius 1 is 1.23 bits per heavy atom. The second-order valence-corrected chi connectivity index (χ2v) is 6.68. The van der Waals surface area contributed by atoms with Crippen LogP contribution in [-0.4, -0.2) is 23.0 Å². The van der Waals surface area contributed by atoms with Crippen molar-refractivity contribution in [2.45, 2.75) is 37.8 Å². The Balaban J connectivity index is 1.78. The predicted molar refractivity (Wildman–Crippen MR) is 93.4 cm³/mol. The molecule has 1 aromatic heterocycles. The lowest BCUT2D eigenvalue weighted by atomic mass is 9.91. The van der Waals surface area contributed by atoms with Crippen LogP contribution in [0.15, 0.2) is 30.5 Å². The highest BCUT2D eigenvalue weighted by atomic mass is 35.5. The number of aromatic nitrogens is 1. The average Bonchev–Trinajstić information content (AvgIpc) is 2.61. The predicted octanol–water partition coefficient (Wildman–Crippen LogP) is 3.81. The smallest absolute Gasteiger partial charge is 0.257 e. The molecule has 0 aliphatic heterocycles. The van der Waals surface area contributed by atoms with Gasteiger partial charge in [-0.2, -0.15) is 0 Å². The van der Waals surface area contributed by atoms with Gasteiger partial charge < -0.3 is 15.8 Å². The Morgan fingerprint density at radius 2 is 1.96 bits per heavy atom. The molecule has 0 spiro atoms. The highest BCUT2D eigenvalue weighted by Crippen LogP contribution is 2.28. The van der Waals surface area contributed by atoms with Crippen LogP contribution in [0, 0.1) is 11.6 Å². The van der Waals surface area contributed by atoms with E-state index < -0.39 is 17.5 Å². The summed E-state index contributed by atoms with van der Waals surface area (Å²) in [5.41, 5.74) is 5.82. The molecular formula is C18H18ClF2N3O2. The number of hydrogen-bond acceptors (Lipinski definition) is 4. The van der Waals surface area contributed by atoms with Gasteiger partial charge in [-0.3, -0.25) is 4.79 Å². The average molecular weight is 382 g/mol. The van der Waals surface area contributed by atoms with E-state index in [4.69, 9.17) is 22.1 Å². The summed E-state index contributed by atoms with van der Waals surface area (Å²) in [6.45, 7) is 0. The van der Waals surface area contributed by atoms with Crippen LogP contribution in [0.5, 0.6) is 11.6 Å². The van der Waals surface area contributed by atoms with Crippen LogP contribution in [0.3, 0.4) is 0 Å². The fourth-order valence-electron chi connectivity index (χ4n) is 2.85. The Labute approximate surface area is 154 Å². The molecule has 1 amide bonds. The Morgan fingerprint density at radius 3 is 2.65 bits per heavy atom. The second kappa shape index (κ2) is 7.97. The molecule has 1 aromatic carbocycles. The van der Waals surface area contributed by atoms with Gasteiger partial charge in [0, 0.05) is 18.2 Å². The molecule has 0 unspecified atom stereocenters. The third-order valence-corrected chi connectivity index (χ3v) is 4.56. The van der Waals surface area contributed by atoms with E-state index in [-0.39, 0.29) is 34.3 Å². The van der Waals surface area contributed by atoms with Gasteiger partial charge in [0.05, 0.1) is 11.2 Å². The van der Waals surface area contributed by atoms with Crippen molar-refractivity contribution in [1.82, 2.24) is 10.3 Å². The number of benzene rings is 1. The minimum atomic E-state index is -0.662. The van der Waals surface area contributed by atoms with Gasteiger partial charge in [0.15, 0.2) is 0 Å². The Bertz CT molecular complexity index is 811. The summed E-state index contributed by atoms with van der Waals surface area (Å²) in [5.74, 6) is -1.64. The number of pyridine rings is 1. The van der Waals surface area contributed by atoms with E-state index in [9.17, 15) is 13.6 Å². The van der Waals surface area contributed by atoms with Crippen LogP contribution in [0.2, 0.25) is 5.02 Å². The SMILES string of the molecule is NC1CCC(NC(=O)c2cc(F)cnc2Oc2ccc(F)c(Cl)c2)CC1. The number of ether oxygens (including phenoxy) is 1. The topological polar surface area (TPSA) is 77.2 Å². The quantitative estimate of drug-likeness (QED) is 0.844. The molecule has 0 atom stereocenters. The van der Waals surface area contributed by atoms with Gasteiger partial charge in [-0.05, 0) is 43.9 Å². The summed E-state index contributed by atoms with van der Waals surface area (Å²) in [5, 5.41) is 2.73. The van der Waals surface area contributed by atoms with E-state index in [2.05, 4.69) is 10.3 Å². The summed E-state index contributed by atoms with van der Waals surface area (Å²) < 4.78 is 32.4. The molecule has 2 aromatic rings. The van der Waals surface area contributed by atoms with Crippen LogP contribution < -0.4 is 15.8 Å². The molecule has 1 saturated carbocycles. The van der Waals surface area contributed by atoms with Gasteiger partial charge in [0.25, 0.3) is 5.91 Å². The van der Waals surface area contributed by atoms with Crippen LogP contribution >= 0.6 is 11.6 Å². The van der Waals surface area contributed by atoms with E-state index in [1.807, 2.05) is 0 Å². The normalized spacial score (nSPS) is 19.8. The molecule has 26 heavy (non-hydrogen) atoms. The maximum Gasteiger partial charge on any atom is 0.257 e. The largest absolute Gasteiger partial charge is 0.438 e. The van der Waals surface area contributed by atoms with Crippen LogP contribution in [0.4, 0.5) is 8.78 Å². The van der Waals surface area contributed by atoms with Gasteiger partial charge >= 0.3 is 0 Å². The zero-order valence-electron chi connectivity index (χ0n) is 13.8. The van der Waals surface area contributed by atoms with Crippen LogP contribution in [0.1, 0.15) is 36.0 Å². The molecule has 0 saturated heterocycles. The molecule has 0 radical (unpaired) electrons. The molecule has 5 nitrogen and oxygen atoms in total. The third-order valence-electron chi connectivity index (χ3n) is 4.28. The number of amides is 1. The zero-order valence-corrected chi connectivity index (χ0v) is 14.6. The second-order valence-electron chi connectivity index (χ2n) is 6.27. The Hall–Kier alpha value is -2.25. The van der Waals surface area contributed by atoms with Gasteiger partial charge in [-0.1, -0.05) is 11.6 Å². The summed E-state index contributed by atoms with van der Waals surface area (Å²) in [6.07, 6.45) is 4.11. The molecule has 0 bridgehead atoms. The first kappa shape index (κ1) is 18.5. The number of rotatable bonds is 4. The summed E-state index contributed by atoms with van der Waals surface area (Å²) >= 11 is 5.72. The van der Waals surface area contributed by atoms with Crippen molar-refractivity contribution < 1.29 is 18.3 Å². The highest BCUT2D eigenvalue weighted by molar-refractivity contribution is 6.30. The molecule has 1 aliphatic rings. The van der Waals surface area contributed by atoms with Crippen molar-refractivity contribution in [3.63, 3.8) is 0 Å². The van der Waals surface area contributed by atoms with Crippen molar-refractivity contribution in [2.75, 3.05) is 0 Å². The lowest BCUT2D eigenvalue weighted by Crippen LogP contribution is -2.40. The van der Waals surface area contributed by atoms with E-state index >= 15 is 0 Å². The molecule has 138 valence electrons. The number of nitrogens with two attached hydrogens (primary N) is 1. The lowest BCUT2D eigenvalue weighted by molar-refractivity contribution is 0.0922. The minimum absolute atomic E-state index is 0.0290.